The van der Waals surface area contributed by atoms with Crippen LogP contribution in [0.3, 0.4) is 0 Å². The molecule has 5 heteroatoms. The molecule has 0 heterocycles. The van der Waals surface area contributed by atoms with Gasteiger partial charge in [0.25, 0.3) is 0 Å². The van der Waals surface area contributed by atoms with Crippen LogP contribution in [0.25, 0.3) is 0 Å². The van der Waals surface area contributed by atoms with E-state index in [1.165, 1.54) is 0 Å². The monoisotopic (exact) mass is 258 g/mol. The number of hydrogen-bond acceptors (Lipinski definition) is 2. The minimum atomic E-state index is -0.153. The minimum Gasteiger partial charge on any atom is -0.325 e. The van der Waals surface area contributed by atoms with Gasteiger partial charge in [-0.25, -0.2) is 0 Å². The SMILES string of the molecule is C=C(Cl)CNCC(=O)Nc1cccc(Cl)c1. The standard InChI is InChI=1S/C11H12Cl2N2O/c1-8(12)6-14-7-11(16)15-10-4-2-3-9(13)5-10/h2-5,14H,1,6-7H2,(H,15,16). The maximum absolute atomic E-state index is 11.4. The largest absolute Gasteiger partial charge is 0.325 e. The Balaban J connectivity index is 2.37. The summed E-state index contributed by atoms with van der Waals surface area (Å²) in [6, 6.07) is 6.96. The second-order valence-electron chi connectivity index (χ2n) is 3.18. The van der Waals surface area contributed by atoms with Crippen molar-refractivity contribution in [2.75, 3.05) is 18.4 Å². The van der Waals surface area contributed by atoms with Crippen molar-refractivity contribution in [1.29, 1.82) is 0 Å². The van der Waals surface area contributed by atoms with Crippen molar-refractivity contribution in [3.05, 3.63) is 40.9 Å². The van der Waals surface area contributed by atoms with Crippen LogP contribution in [-0.2, 0) is 4.79 Å². The van der Waals surface area contributed by atoms with Crippen molar-refractivity contribution in [3.8, 4) is 0 Å². The number of hydrogen-bond donors (Lipinski definition) is 2. The molecule has 16 heavy (non-hydrogen) atoms. The van der Waals surface area contributed by atoms with E-state index in [1.807, 2.05) is 0 Å². The van der Waals surface area contributed by atoms with Crippen LogP contribution in [0, 0.1) is 0 Å². The summed E-state index contributed by atoms with van der Waals surface area (Å²) in [6.45, 7) is 4.09. The highest BCUT2D eigenvalue weighted by Gasteiger charge is 2.01. The maximum atomic E-state index is 11.4. The molecule has 0 aliphatic heterocycles. The third-order valence-electron chi connectivity index (χ3n) is 1.71. The molecule has 1 aromatic rings. The Morgan fingerprint density at radius 3 is 2.75 bits per heavy atom. The number of amides is 1. The molecule has 0 aliphatic carbocycles. The van der Waals surface area contributed by atoms with Crippen LogP contribution >= 0.6 is 23.2 Å². The Morgan fingerprint density at radius 1 is 1.38 bits per heavy atom. The van der Waals surface area contributed by atoms with Crippen LogP contribution in [0.15, 0.2) is 35.9 Å². The van der Waals surface area contributed by atoms with Crippen molar-refractivity contribution in [1.82, 2.24) is 5.32 Å². The summed E-state index contributed by atoms with van der Waals surface area (Å²) in [5.41, 5.74) is 0.670. The zero-order valence-electron chi connectivity index (χ0n) is 8.59. The zero-order valence-corrected chi connectivity index (χ0v) is 10.1. The van der Waals surface area contributed by atoms with E-state index in [2.05, 4.69) is 17.2 Å². The average molecular weight is 259 g/mol. The first-order chi connectivity index (χ1) is 7.58. The van der Waals surface area contributed by atoms with Crippen LogP contribution in [0.2, 0.25) is 5.02 Å². The summed E-state index contributed by atoms with van der Waals surface area (Å²) < 4.78 is 0. The molecule has 0 fully saturated rings. The van der Waals surface area contributed by atoms with Gasteiger partial charge >= 0.3 is 0 Å². The van der Waals surface area contributed by atoms with E-state index in [0.717, 1.165) is 0 Å². The summed E-state index contributed by atoms with van der Waals surface area (Å²) in [6.07, 6.45) is 0. The molecule has 1 amide bonds. The predicted octanol–water partition coefficient (Wildman–Crippen LogP) is 2.62. The van der Waals surface area contributed by atoms with Crippen LogP contribution in [0.1, 0.15) is 0 Å². The fraction of sp³-hybridized carbons (Fsp3) is 0.182. The van der Waals surface area contributed by atoms with Gasteiger partial charge in [0.1, 0.15) is 0 Å². The third kappa shape index (κ3) is 5.16. The van der Waals surface area contributed by atoms with E-state index in [0.29, 0.717) is 22.3 Å². The molecule has 0 saturated carbocycles. The molecular formula is C11H12Cl2N2O. The Hall–Kier alpha value is -1.03. The second kappa shape index (κ2) is 6.53. The number of benzene rings is 1. The average Bonchev–Trinajstić information content (AvgIpc) is 2.16. The van der Waals surface area contributed by atoms with E-state index in [4.69, 9.17) is 23.2 Å². The predicted molar refractivity (Wildman–Crippen MR) is 67.9 cm³/mol. The second-order valence-corrected chi connectivity index (χ2v) is 4.15. The lowest BCUT2D eigenvalue weighted by molar-refractivity contribution is -0.115. The molecule has 86 valence electrons. The third-order valence-corrected chi connectivity index (χ3v) is 2.08. The Bertz CT molecular complexity index is 393. The Kier molecular flexibility index (Phi) is 5.32. The summed E-state index contributed by atoms with van der Waals surface area (Å²) in [5, 5.41) is 6.59. The molecule has 0 aliphatic rings. The molecule has 3 nitrogen and oxygen atoms in total. The molecule has 1 rings (SSSR count). The first-order valence-corrected chi connectivity index (χ1v) is 5.43. The van der Waals surface area contributed by atoms with Crippen LogP contribution in [0.4, 0.5) is 5.69 Å². The van der Waals surface area contributed by atoms with Crippen molar-refractivity contribution in [2.24, 2.45) is 0 Å². The van der Waals surface area contributed by atoms with E-state index >= 15 is 0 Å². The normalized spacial score (nSPS) is 9.88. The van der Waals surface area contributed by atoms with Crippen molar-refractivity contribution < 1.29 is 4.79 Å². The van der Waals surface area contributed by atoms with Gasteiger partial charge in [0.15, 0.2) is 0 Å². The molecule has 1 aromatic carbocycles. The fourth-order valence-corrected chi connectivity index (χ4v) is 1.37. The van der Waals surface area contributed by atoms with Crippen LogP contribution in [-0.4, -0.2) is 19.0 Å². The Labute approximate surface area is 104 Å². The first-order valence-electron chi connectivity index (χ1n) is 4.67. The number of anilines is 1. The molecule has 0 radical (unpaired) electrons. The number of halogens is 2. The van der Waals surface area contributed by atoms with E-state index in [-0.39, 0.29) is 12.5 Å². The fourth-order valence-electron chi connectivity index (χ4n) is 1.08. The van der Waals surface area contributed by atoms with Crippen LogP contribution < -0.4 is 10.6 Å². The first kappa shape index (κ1) is 13.0. The van der Waals surface area contributed by atoms with Crippen molar-refractivity contribution in [2.45, 2.75) is 0 Å². The van der Waals surface area contributed by atoms with Gasteiger partial charge in [0.2, 0.25) is 5.91 Å². The summed E-state index contributed by atoms with van der Waals surface area (Å²) in [5.74, 6) is -0.153. The zero-order chi connectivity index (χ0) is 12.0. The molecule has 0 saturated heterocycles. The summed E-state index contributed by atoms with van der Waals surface area (Å²) in [7, 11) is 0. The van der Waals surface area contributed by atoms with Gasteiger partial charge in [-0.1, -0.05) is 35.8 Å². The summed E-state index contributed by atoms with van der Waals surface area (Å²) >= 11 is 11.3. The molecular weight excluding hydrogens is 247 g/mol. The van der Waals surface area contributed by atoms with E-state index in [1.54, 1.807) is 24.3 Å². The highest BCUT2D eigenvalue weighted by atomic mass is 35.5. The van der Waals surface area contributed by atoms with Gasteiger partial charge in [-0.3, -0.25) is 4.79 Å². The lowest BCUT2D eigenvalue weighted by Crippen LogP contribution is -2.28. The topological polar surface area (TPSA) is 41.1 Å². The smallest absolute Gasteiger partial charge is 0.238 e. The van der Waals surface area contributed by atoms with Gasteiger partial charge < -0.3 is 10.6 Å². The highest BCUT2D eigenvalue weighted by molar-refractivity contribution is 6.31. The van der Waals surface area contributed by atoms with Gasteiger partial charge in [-0.2, -0.15) is 0 Å². The molecule has 0 unspecified atom stereocenters. The van der Waals surface area contributed by atoms with Crippen molar-refractivity contribution >= 4 is 34.8 Å². The van der Waals surface area contributed by atoms with Gasteiger partial charge in [0, 0.05) is 22.3 Å². The number of carbonyl (C=O) groups excluding carboxylic acids is 1. The molecule has 0 bridgehead atoms. The van der Waals surface area contributed by atoms with Gasteiger partial charge in [0.05, 0.1) is 6.54 Å². The summed E-state index contributed by atoms with van der Waals surface area (Å²) in [4.78, 5) is 11.4. The number of rotatable bonds is 5. The number of nitrogens with one attached hydrogen (secondary N) is 2. The van der Waals surface area contributed by atoms with E-state index < -0.39 is 0 Å². The quantitative estimate of drug-likeness (QED) is 0.853. The van der Waals surface area contributed by atoms with Crippen molar-refractivity contribution in [3.63, 3.8) is 0 Å². The maximum Gasteiger partial charge on any atom is 0.238 e. The highest BCUT2D eigenvalue weighted by Crippen LogP contribution is 2.14. The number of carbonyl (C=O) groups is 1. The van der Waals surface area contributed by atoms with Crippen LogP contribution in [0.5, 0.6) is 0 Å². The minimum absolute atomic E-state index is 0.153. The molecule has 0 atom stereocenters. The molecule has 0 aromatic heterocycles. The van der Waals surface area contributed by atoms with E-state index in [9.17, 15) is 4.79 Å². The van der Waals surface area contributed by atoms with Gasteiger partial charge in [-0.05, 0) is 18.2 Å². The lowest BCUT2D eigenvalue weighted by Gasteiger charge is -2.06. The van der Waals surface area contributed by atoms with Gasteiger partial charge in [-0.15, -0.1) is 0 Å². The Morgan fingerprint density at radius 2 is 2.12 bits per heavy atom. The molecule has 2 N–H and O–H groups in total. The lowest BCUT2D eigenvalue weighted by atomic mass is 10.3. The molecule has 0 spiro atoms.